The van der Waals surface area contributed by atoms with Gasteiger partial charge in [0.1, 0.15) is 17.3 Å². The fourth-order valence-corrected chi connectivity index (χ4v) is 3.59. The van der Waals surface area contributed by atoms with Crippen LogP contribution in [-0.4, -0.2) is 10.9 Å². The van der Waals surface area contributed by atoms with Crippen molar-refractivity contribution in [3.05, 3.63) is 27.8 Å². The molecule has 0 aliphatic rings. The summed E-state index contributed by atoms with van der Waals surface area (Å²) in [4.78, 5) is 24.0. The quantitative estimate of drug-likeness (QED) is 0.299. The van der Waals surface area contributed by atoms with Gasteiger partial charge in [-0.15, -0.1) is 0 Å². The van der Waals surface area contributed by atoms with Gasteiger partial charge in [0.05, 0.1) is 11.5 Å². The first-order chi connectivity index (χ1) is 13.8. The van der Waals surface area contributed by atoms with Crippen molar-refractivity contribution in [3.63, 3.8) is 0 Å². The van der Waals surface area contributed by atoms with Crippen molar-refractivity contribution in [2.24, 2.45) is 5.92 Å². The molecule has 0 bridgehead atoms. The molecule has 4 heteroatoms. The van der Waals surface area contributed by atoms with Crippen molar-refractivity contribution >= 4 is 5.78 Å². The lowest BCUT2D eigenvalue weighted by molar-refractivity contribution is -0.120. The van der Waals surface area contributed by atoms with Crippen LogP contribution in [0.2, 0.25) is 0 Å². The van der Waals surface area contributed by atoms with E-state index in [0.29, 0.717) is 6.42 Å². The Balaban J connectivity index is 2.05. The summed E-state index contributed by atoms with van der Waals surface area (Å²) in [6, 6.07) is 1.39. The molecule has 0 spiro atoms. The first kappa shape index (κ1) is 25.5. The zero-order chi connectivity index (χ0) is 21.6. The number of Topliss-reactive ketones (excluding diaryl/α,β-unsaturated/α-hetero) is 1. The maximum Gasteiger partial charge on any atom is 0.342 e. The molecule has 1 rings (SSSR count). The summed E-state index contributed by atoms with van der Waals surface area (Å²) in [5.41, 5.74) is -0.394. The Bertz CT molecular complexity index is 645. The van der Waals surface area contributed by atoms with Gasteiger partial charge in [0.25, 0.3) is 0 Å². The summed E-state index contributed by atoms with van der Waals surface area (Å²) in [5.74, 6) is 0.563. The SMILES string of the molecule is Cc1c(O)cc(C(C)C(=O)CCCCCCCCCCCCCC(C)C)oc1=O. The van der Waals surface area contributed by atoms with Gasteiger partial charge in [-0.05, 0) is 26.2 Å². The highest BCUT2D eigenvalue weighted by Crippen LogP contribution is 2.23. The van der Waals surface area contributed by atoms with Crippen LogP contribution in [0.4, 0.5) is 0 Å². The Kier molecular flexibility index (Phi) is 12.6. The van der Waals surface area contributed by atoms with Crippen LogP contribution in [0.25, 0.3) is 0 Å². The molecule has 0 aromatic carbocycles. The van der Waals surface area contributed by atoms with Crippen molar-refractivity contribution in [1.82, 2.24) is 0 Å². The number of rotatable bonds is 16. The standard InChI is InChI=1S/C25H42O4/c1-19(2)16-14-12-10-8-6-5-7-9-11-13-15-17-22(26)20(3)24-18-23(27)21(4)25(28)29-24/h18-20,27H,5-17H2,1-4H3. The van der Waals surface area contributed by atoms with E-state index in [4.69, 9.17) is 4.42 Å². The molecule has 0 aliphatic carbocycles. The minimum Gasteiger partial charge on any atom is -0.507 e. The van der Waals surface area contributed by atoms with Crippen LogP contribution in [0.15, 0.2) is 15.3 Å². The number of carbonyl (C=O) groups excluding carboxylic acids is 1. The van der Waals surface area contributed by atoms with Crippen molar-refractivity contribution in [2.45, 2.75) is 117 Å². The first-order valence-corrected chi connectivity index (χ1v) is 11.7. The van der Waals surface area contributed by atoms with Crippen molar-refractivity contribution in [2.75, 3.05) is 0 Å². The maximum atomic E-state index is 12.3. The van der Waals surface area contributed by atoms with Crippen molar-refractivity contribution in [1.29, 1.82) is 0 Å². The number of ketones is 1. The summed E-state index contributed by atoms with van der Waals surface area (Å²) in [6.45, 7) is 7.83. The lowest BCUT2D eigenvalue weighted by atomic mass is 9.97. The predicted molar refractivity (Wildman–Crippen MR) is 120 cm³/mol. The summed E-state index contributed by atoms with van der Waals surface area (Å²) in [5, 5.41) is 9.75. The molecule has 0 radical (unpaired) electrons. The monoisotopic (exact) mass is 406 g/mol. The van der Waals surface area contributed by atoms with Gasteiger partial charge in [-0.3, -0.25) is 4.79 Å². The summed E-state index contributed by atoms with van der Waals surface area (Å²) in [6.07, 6.45) is 15.7. The third-order valence-electron chi connectivity index (χ3n) is 5.79. The summed E-state index contributed by atoms with van der Waals surface area (Å²) in [7, 11) is 0. The number of aromatic hydroxyl groups is 1. The smallest absolute Gasteiger partial charge is 0.342 e. The van der Waals surface area contributed by atoms with E-state index in [-0.39, 0.29) is 22.9 Å². The average Bonchev–Trinajstić information content (AvgIpc) is 2.68. The van der Waals surface area contributed by atoms with E-state index in [1.165, 1.54) is 77.2 Å². The summed E-state index contributed by atoms with van der Waals surface area (Å²) < 4.78 is 5.16. The largest absolute Gasteiger partial charge is 0.507 e. The van der Waals surface area contributed by atoms with E-state index in [9.17, 15) is 14.7 Å². The van der Waals surface area contributed by atoms with Gasteiger partial charge in [0.15, 0.2) is 0 Å². The van der Waals surface area contributed by atoms with Gasteiger partial charge in [-0.1, -0.05) is 84.5 Å². The normalized spacial score (nSPS) is 12.4. The van der Waals surface area contributed by atoms with Gasteiger partial charge in [0.2, 0.25) is 0 Å². The number of carbonyl (C=O) groups is 1. The minimum absolute atomic E-state index is 0.0638. The van der Waals surface area contributed by atoms with E-state index in [1.807, 2.05) is 0 Å². The molecule has 4 nitrogen and oxygen atoms in total. The topological polar surface area (TPSA) is 67.5 Å². The highest BCUT2D eigenvalue weighted by molar-refractivity contribution is 5.84. The fraction of sp³-hybridized carbons (Fsp3) is 0.760. The number of unbranched alkanes of at least 4 members (excludes halogenated alkanes) is 10. The Morgan fingerprint density at radius 2 is 1.38 bits per heavy atom. The molecule has 0 saturated heterocycles. The van der Waals surface area contributed by atoms with E-state index < -0.39 is 11.5 Å². The van der Waals surface area contributed by atoms with Crippen LogP contribution in [0, 0.1) is 12.8 Å². The third-order valence-corrected chi connectivity index (χ3v) is 5.79. The Labute approximate surface area is 177 Å². The van der Waals surface area contributed by atoms with Gasteiger partial charge in [0, 0.05) is 12.5 Å². The average molecular weight is 407 g/mol. The highest BCUT2D eigenvalue weighted by Gasteiger charge is 2.19. The van der Waals surface area contributed by atoms with Gasteiger partial charge < -0.3 is 9.52 Å². The Hall–Kier alpha value is -1.58. The van der Waals surface area contributed by atoms with Gasteiger partial charge in [-0.25, -0.2) is 4.79 Å². The van der Waals surface area contributed by atoms with Crippen LogP contribution in [0.1, 0.15) is 121 Å². The lowest BCUT2D eigenvalue weighted by Gasteiger charge is -2.10. The van der Waals surface area contributed by atoms with Crippen molar-refractivity contribution in [3.8, 4) is 5.75 Å². The molecule has 1 N–H and O–H groups in total. The molecule has 0 fully saturated rings. The van der Waals surface area contributed by atoms with Crippen LogP contribution < -0.4 is 5.63 Å². The highest BCUT2D eigenvalue weighted by atomic mass is 16.4. The molecule has 0 aliphatic heterocycles. The van der Waals surface area contributed by atoms with E-state index >= 15 is 0 Å². The zero-order valence-corrected chi connectivity index (χ0v) is 19.1. The Morgan fingerprint density at radius 3 is 1.86 bits per heavy atom. The molecule has 29 heavy (non-hydrogen) atoms. The van der Waals surface area contributed by atoms with Crippen LogP contribution in [-0.2, 0) is 4.79 Å². The van der Waals surface area contributed by atoms with Crippen LogP contribution in [0.5, 0.6) is 5.75 Å². The number of hydrogen-bond acceptors (Lipinski definition) is 4. The molecule has 0 saturated carbocycles. The molecule has 1 atom stereocenters. The van der Waals surface area contributed by atoms with Gasteiger partial charge in [-0.2, -0.15) is 0 Å². The second-order valence-corrected chi connectivity index (χ2v) is 8.96. The van der Waals surface area contributed by atoms with Gasteiger partial charge >= 0.3 is 5.63 Å². The molecule has 1 unspecified atom stereocenters. The fourth-order valence-electron chi connectivity index (χ4n) is 3.59. The van der Waals surface area contributed by atoms with Crippen LogP contribution >= 0.6 is 0 Å². The molecular weight excluding hydrogens is 364 g/mol. The van der Waals surface area contributed by atoms with E-state index in [1.54, 1.807) is 6.92 Å². The molecule has 1 aromatic heterocycles. The van der Waals surface area contributed by atoms with Crippen molar-refractivity contribution < 1.29 is 14.3 Å². The van der Waals surface area contributed by atoms with E-state index in [0.717, 1.165) is 18.8 Å². The Morgan fingerprint density at radius 1 is 0.897 bits per heavy atom. The molecule has 1 heterocycles. The number of hydrogen-bond donors (Lipinski definition) is 1. The third kappa shape index (κ3) is 10.7. The molecular formula is C25H42O4. The second-order valence-electron chi connectivity index (χ2n) is 8.96. The summed E-state index contributed by atoms with van der Waals surface area (Å²) >= 11 is 0. The molecule has 0 amide bonds. The van der Waals surface area contributed by atoms with E-state index in [2.05, 4.69) is 13.8 Å². The first-order valence-electron chi connectivity index (χ1n) is 11.7. The lowest BCUT2D eigenvalue weighted by Crippen LogP contribution is -2.13. The van der Waals surface area contributed by atoms with Crippen LogP contribution in [0.3, 0.4) is 0 Å². The maximum absolute atomic E-state index is 12.3. The predicted octanol–water partition coefficient (Wildman–Crippen LogP) is 7.05. The zero-order valence-electron chi connectivity index (χ0n) is 19.1. The minimum atomic E-state index is -0.574. The molecule has 166 valence electrons. The second kappa shape index (κ2) is 14.4. The molecule has 1 aromatic rings.